The zero-order valence-corrected chi connectivity index (χ0v) is 13.8. The molecule has 3 aromatic rings. The lowest BCUT2D eigenvalue weighted by atomic mass is 10.1. The van der Waals surface area contributed by atoms with E-state index in [0.717, 1.165) is 23.0 Å². The van der Waals surface area contributed by atoms with Gasteiger partial charge in [-0.05, 0) is 41.8 Å². The Morgan fingerprint density at radius 2 is 1.96 bits per heavy atom. The minimum atomic E-state index is -0.207. The largest absolute Gasteiger partial charge is 0.385 e. The highest BCUT2D eigenvalue weighted by Gasteiger charge is 2.11. The molecule has 24 heavy (non-hydrogen) atoms. The van der Waals surface area contributed by atoms with Crippen LogP contribution in [-0.2, 0) is 11.2 Å². The number of aryl methyl sites for hydroxylation is 1. The molecule has 124 valence electrons. The predicted molar refractivity (Wildman–Crippen MR) is 91.4 cm³/mol. The minimum absolute atomic E-state index is 0.0838. The molecule has 0 saturated carbocycles. The zero-order chi connectivity index (χ0) is 16.9. The van der Waals surface area contributed by atoms with Gasteiger partial charge in [0.1, 0.15) is 11.0 Å². The number of benzene rings is 2. The summed E-state index contributed by atoms with van der Waals surface area (Å²) >= 11 is 0. The molecule has 2 aromatic carbocycles. The highest BCUT2D eigenvalue weighted by Crippen LogP contribution is 2.13. The first-order chi connectivity index (χ1) is 11.7. The summed E-state index contributed by atoms with van der Waals surface area (Å²) in [7, 11) is 0. The maximum atomic E-state index is 12.1. The molecule has 1 N–H and O–H groups in total. The number of fused-ring (bicyclic) bond motifs is 1. The van der Waals surface area contributed by atoms with Crippen molar-refractivity contribution in [1.29, 1.82) is 0 Å². The first-order valence-electron chi connectivity index (χ1n) is 7.99. The fourth-order valence-corrected chi connectivity index (χ4v) is 2.47. The van der Waals surface area contributed by atoms with Gasteiger partial charge in [0, 0.05) is 0 Å². The monoisotopic (exact) mass is 324 g/mol. The Bertz CT molecular complexity index is 826. The molecule has 1 aromatic heterocycles. The van der Waals surface area contributed by atoms with E-state index in [4.69, 9.17) is 4.84 Å². The number of nitrogens with zero attached hydrogens (tertiary/aromatic N) is 3. The van der Waals surface area contributed by atoms with Gasteiger partial charge in [0.2, 0.25) is 0 Å². The van der Waals surface area contributed by atoms with Crippen molar-refractivity contribution in [3.05, 3.63) is 59.7 Å². The Morgan fingerprint density at radius 1 is 1.21 bits per heavy atom. The number of para-hydroxylation sites is 1. The Balaban J connectivity index is 1.57. The molecule has 0 aliphatic carbocycles. The van der Waals surface area contributed by atoms with Gasteiger partial charge in [0.05, 0.1) is 6.04 Å². The summed E-state index contributed by atoms with van der Waals surface area (Å²) < 4.78 is 0. The summed E-state index contributed by atoms with van der Waals surface area (Å²) in [5.41, 5.74) is 3.79. The lowest BCUT2D eigenvalue weighted by Crippen LogP contribution is -2.33. The molecule has 1 atom stereocenters. The van der Waals surface area contributed by atoms with Crippen molar-refractivity contribution in [2.75, 3.05) is 6.61 Å². The highest BCUT2D eigenvalue weighted by molar-refractivity contribution is 5.78. The maximum absolute atomic E-state index is 12.1. The third-order valence-corrected chi connectivity index (χ3v) is 3.90. The fourth-order valence-electron chi connectivity index (χ4n) is 2.47. The number of carbonyl (C=O) groups is 1. The van der Waals surface area contributed by atoms with Gasteiger partial charge in [-0.25, -0.2) is 0 Å². The van der Waals surface area contributed by atoms with Crippen LogP contribution in [0.3, 0.4) is 0 Å². The second-order valence-electron chi connectivity index (χ2n) is 5.61. The molecular formula is C18H20N4O2. The van der Waals surface area contributed by atoms with Crippen LogP contribution in [0.15, 0.2) is 48.5 Å². The van der Waals surface area contributed by atoms with E-state index in [1.165, 1.54) is 10.4 Å². The van der Waals surface area contributed by atoms with Crippen LogP contribution >= 0.6 is 0 Å². The second kappa shape index (κ2) is 7.12. The average Bonchev–Trinajstić information content (AvgIpc) is 3.03. The molecule has 1 unspecified atom stereocenters. The fraction of sp³-hybridized carbons (Fsp3) is 0.278. The van der Waals surface area contributed by atoms with Gasteiger partial charge in [0.15, 0.2) is 6.61 Å². The van der Waals surface area contributed by atoms with Gasteiger partial charge in [-0.1, -0.05) is 48.2 Å². The molecule has 0 saturated heterocycles. The summed E-state index contributed by atoms with van der Waals surface area (Å²) in [6.07, 6.45) is 1.00. The number of amides is 1. The van der Waals surface area contributed by atoms with Gasteiger partial charge in [0.25, 0.3) is 5.91 Å². The molecule has 3 rings (SSSR count). The van der Waals surface area contributed by atoms with Crippen LogP contribution in [0, 0.1) is 0 Å². The van der Waals surface area contributed by atoms with E-state index in [9.17, 15) is 4.79 Å². The van der Waals surface area contributed by atoms with Gasteiger partial charge in [-0.15, -0.1) is 5.10 Å². The highest BCUT2D eigenvalue weighted by atomic mass is 16.7. The normalized spacial score (nSPS) is 12.1. The van der Waals surface area contributed by atoms with Crippen molar-refractivity contribution in [1.82, 2.24) is 20.5 Å². The van der Waals surface area contributed by atoms with Gasteiger partial charge >= 0.3 is 0 Å². The third-order valence-electron chi connectivity index (χ3n) is 3.90. The second-order valence-corrected chi connectivity index (χ2v) is 5.61. The van der Waals surface area contributed by atoms with Gasteiger partial charge < -0.3 is 10.2 Å². The first-order valence-corrected chi connectivity index (χ1v) is 7.99. The lowest BCUT2D eigenvalue weighted by molar-refractivity contribution is -0.127. The Labute approximate surface area is 140 Å². The lowest BCUT2D eigenvalue weighted by Gasteiger charge is -2.15. The summed E-state index contributed by atoms with van der Waals surface area (Å²) in [6.45, 7) is 3.94. The average molecular weight is 324 g/mol. The van der Waals surface area contributed by atoms with Crippen LogP contribution in [0.4, 0.5) is 0 Å². The van der Waals surface area contributed by atoms with Crippen molar-refractivity contribution in [3.8, 4) is 0 Å². The van der Waals surface area contributed by atoms with Crippen molar-refractivity contribution < 1.29 is 9.63 Å². The number of aromatic nitrogens is 3. The van der Waals surface area contributed by atoms with Crippen LogP contribution in [-0.4, -0.2) is 27.7 Å². The van der Waals surface area contributed by atoms with Crippen LogP contribution in [0.2, 0.25) is 0 Å². The molecule has 0 aliphatic rings. The smallest absolute Gasteiger partial charge is 0.261 e. The molecule has 1 amide bonds. The predicted octanol–water partition coefficient (Wildman–Crippen LogP) is 2.30. The molecule has 0 fully saturated rings. The van der Waals surface area contributed by atoms with E-state index in [0.29, 0.717) is 0 Å². The Kier molecular flexibility index (Phi) is 4.74. The van der Waals surface area contributed by atoms with E-state index >= 15 is 0 Å². The number of nitrogens with one attached hydrogen (secondary N) is 1. The van der Waals surface area contributed by atoms with E-state index in [1.807, 2.05) is 43.3 Å². The van der Waals surface area contributed by atoms with E-state index in [-0.39, 0.29) is 18.6 Å². The third kappa shape index (κ3) is 3.53. The molecule has 1 heterocycles. The minimum Gasteiger partial charge on any atom is -0.385 e. The first kappa shape index (κ1) is 16.0. The molecule has 6 nitrogen and oxygen atoms in total. The van der Waals surface area contributed by atoms with Crippen LogP contribution in [0.25, 0.3) is 11.0 Å². The van der Waals surface area contributed by atoms with E-state index < -0.39 is 0 Å². The van der Waals surface area contributed by atoms with Crippen molar-refractivity contribution in [3.63, 3.8) is 0 Å². The van der Waals surface area contributed by atoms with E-state index in [2.05, 4.69) is 34.7 Å². The Morgan fingerprint density at radius 3 is 2.71 bits per heavy atom. The van der Waals surface area contributed by atoms with Crippen molar-refractivity contribution in [2.45, 2.75) is 26.3 Å². The topological polar surface area (TPSA) is 69.0 Å². The van der Waals surface area contributed by atoms with Crippen LogP contribution in [0.5, 0.6) is 0 Å². The molecule has 0 radical (unpaired) electrons. The van der Waals surface area contributed by atoms with Crippen molar-refractivity contribution >= 4 is 16.9 Å². The Hall–Kier alpha value is -2.89. The molecule has 6 heteroatoms. The summed E-state index contributed by atoms with van der Waals surface area (Å²) in [6, 6.07) is 15.6. The summed E-state index contributed by atoms with van der Waals surface area (Å²) in [4.78, 5) is 18.8. The quantitative estimate of drug-likeness (QED) is 0.755. The molecule has 0 bridgehead atoms. The number of hydrogen-bond acceptors (Lipinski definition) is 4. The van der Waals surface area contributed by atoms with E-state index in [1.54, 1.807) is 0 Å². The maximum Gasteiger partial charge on any atom is 0.261 e. The SMILES string of the molecule is CCc1ccc(C(C)NC(=O)COn2nnc3ccccc32)cc1. The standard InChI is InChI=1S/C18H20N4O2/c1-3-14-8-10-15(11-9-14)13(2)19-18(23)12-24-22-17-7-5-4-6-16(17)20-21-22/h4-11,13H,3,12H2,1-2H3,(H,19,23). The van der Waals surface area contributed by atoms with Gasteiger partial charge in [-0.3, -0.25) is 4.79 Å². The van der Waals surface area contributed by atoms with Gasteiger partial charge in [-0.2, -0.15) is 0 Å². The number of rotatable bonds is 6. The molecular weight excluding hydrogens is 304 g/mol. The number of hydrogen-bond donors (Lipinski definition) is 1. The zero-order valence-electron chi connectivity index (χ0n) is 13.8. The number of carbonyl (C=O) groups excluding carboxylic acids is 1. The molecule has 0 aliphatic heterocycles. The van der Waals surface area contributed by atoms with Crippen LogP contribution in [0.1, 0.15) is 31.0 Å². The van der Waals surface area contributed by atoms with Crippen molar-refractivity contribution in [2.24, 2.45) is 0 Å². The summed E-state index contributed by atoms with van der Waals surface area (Å²) in [5.74, 6) is -0.207. The molecule has 0 spiro atoms. The summed E-state index contributed by atoms with van der Waals surface area (Å²) in [5, 5.41) is 10.8. The van der Waals surface area contributed by atoms with Crippen LogP contribution < -0.4 is 10.2 Å².